The quantitative estimate of drug-likeness (QED) is 0.909. The highest BCUT2D eigenvalue weighted by Gasteiger charge is 2.37. The van der Waals surface area contributed by atoms with Gasteiger partial charge in [0.1, 0.15) is 17.0 Å². The number of nitrogens with two attached hydrogens (primary N) is 1. The molecule has 0 aliphatic heterocycles. The van der Waals surface area contributed by atoms with Crippen molar-refractivity contribution in [3.05, 3.63) is 16.8 Å². The number of hydrogen-bond acceptors (Lipinski definition) is 5. The third-order valence-corrected chi connectivity index (χ3v) is 6.27. The lowest BCUT2D eigenvalue weighted by Crippen LogP contribution is -2.52. The van der Waals surface area contributed by atoms with E-state index in [-0.39, 0.29) is 5.54 Å². The lowest BCUT2D eigenvalue weighted by atomic mass is 9.73. The van der Waals surface area contributed by atoms with Gasteiger partial charge >= 0.3 is 0 Å². The average molecular weight is 304 g/mol. The fraction of sp³-hybridized carbons (Fsp3) is 0.625. The van der Waals surface area contributed by atoms with Crippen LogP contribution in [-0.4, -0.2) is 22.1 Å². The number of rotatable bonds is 3. The summed E-state index contributed by atoms with van der Waals surface area (Å²) < 4.78 is 0. The second-order valence-electron chi connectivity index (χ2n) is 6.32. The van der Waals surface area contributed by atoms with Gasteiger partial charge in [-0.2, -0.15) is 0 Å². The van der Waals surface area contributed by atoms with E-state index >= 15 is 0 Å². The Morgan fingerprint density at radius 2 is 2.19 bits per heavy atom. The summed E-state index contributed by atoms with van der Waals surface area (Å²) in [5, 5.41) is 4.89. The molecule has 1 saturated carbocycles. The smallest absolute Gasteiger partial charge is 0.138 e. The van der Waals surface area contributed by atoms with Crippen molar-refractivity contribution in [3.63, 3.8) is 0 Å². The maximum Gasteiger partial charge on any atom is 0.138 e. The van der Waals surface area contributed by atoms with Crippen molar-refractivity contribution >= 4 is 27.4 Å². The maximum atomic E-state index is 6.16. The van der Waals surface area contributed by atoms with E-state index in [1.807, 2.05) is 0 Å². The number of hydrogen-bond donors (Lipinski definition) is 2. The molecule has 114 valence electrons. The van der Waals surface area contributed by atoms with E-state index in [2.05, 4.69) is 36.1 Å². The molecule has 2 aromatic rings. The Morgan fingerprint density at radius 3 is 2.90 bits per heavy atom. The van der Waals surface area contributed by atoms with Gasteiger partial charge < -0.3 is 11.1 Å². The molecule has 21 heavy (non-hydrogen) atoms. The highest BCUT2D eigenvalue weighted by Crippen LogP contribution is 2.39. The van der Waals surface area contributed by atoms with E-state index in [9.17, 15) is 0 Å². The van der Waals surface area contributed by atoms with Gasteiger partial charge in [0.25, 0.3) is 0 Å². The molecule has 0 spiro atoms. The number of thiophene rings is 1. The van der Waals surface area contributed by atoms with Crippen molar-refractivity contribution in [2.75, 3.05) is 11.9 Å². The zero-order chi connectivity index (χ0) is 15.0. The summed E-state index contributed by atoms with van der Waals surface area (Å²) in [5.74, 6) is 1.53. The molecule has 0 amide bonds. The second-order valence-corrected chi connectivity index (χ2v) is 7.52. The van der Waals surface area contributed by atoms with Gasteiger partial charge in [-0.1, -0.05) is 19.8 Å². The lowest BCUT2D eigenvalue weighted by molar-refractivity contribution is 0.235. The molecule has 1 fully saturated rings. The molecule has 0 radical (unpaired) electrons. The Balaban J connectivity index is 2.04. The van der Waals surface area contributed by atoms with E-state index < -0.39 is 0 Å². The van der Waals surface area contributed by atoms with Gasteiger partial charge in [0.2, 0.25) is 0 Å². The molecular weight excluding hydrogens is 280 g/mol. The lowest BCUT2D eigenvalue weighted by Gasteiger charge is -2.43. The van der Waals surface area contributed by atoms with Gasteiger partial charge in [0.15, 0.2) is 0 Å². The normalized spacial score (nSPS) is 26.2. The first-order valence-electron chi connectivity index (χ1n) is 7.76. The van der Waals surface area contributed by atoms with Crippen LogP contribution in [0, 0.1) is 19.8 Å². The molecule has 0 aromatic carbocycles. The van der Waals surface area contributed by atoms with Crippen LogP contribution in [0.25, 0.3) is 10.2 Å². The molecular formula is C16H24N4S. The first-order valence-corrected chi connectivity index (χ1v) is 8.58. The van der Waals surface area contributed by atoms with Crippen LogP contribution in [0.5, 0.6) is 0 Å². The highest BCUT2D eigenvalue weighted by molar-refractivity contribution is 7.18. The number of nitrogens with one attached hydrogen (secondary N) is 1. The third kappa shape index (κ3) is 2.42. The first kappa shape index (κ1) is 14.7. The van der Waals surface area contributed by atoms with Crippen LogP contribution in [0.1, 0.15) is 43.0 Å². The zero-order valence-electron chi connectivity index (χ0n) is 13.1. The van der Waals surface area contributed by atoms with E-state index in [1.54, 1.807) is 17.7 Å². The van der Waals surface area contributed by atoms with Crippen LogP contribution < -0.4 is 11.1 Å². The van der Waals surface area contributed by atoms with Crippen LogP contribution in [0.4, 0.5) is 5.82 Å². The molecule has 0 bridgehead atoms. The minimum absolute atomic E-state index is 0.0260. The van der Waals surface area contributed by atoms with E-state index in [1.165, 1.54) is 35.1 Å². The zero-order valence-corrected chi connectivity index (χ0v) is 13.9. The predicted molar refractivity (Wildman–Crippen MR) is 89.9 cm³/mol. The molecule has 1 aliphatic carbocycles. The van der Waals surface area contributed by atoms with E-state index in [0.29, 0.717) is 12.5 Å². The molecule has 4 nitrogen and oxygen atoms in total. The number of aryl methyl sites for hydroxylation is 2. The molecule has 2 atom stereocenters. The van der Waals surface area contributed by atoms with E-state index in [0.717, 1.165) is 17.1 Å². The Morgan fingerprint density at radius 1 is 1.38 bits per heavy atom. The van der Waals surface area contributed by atoms with Crippen molar-refractivity contribution in [1.29, 1.82) is 0 Å². The minimum Gasteiger partial charge on any atom is -0.362 e. The molecule has 2 unspecified atom stereocenters. The number of anilines is 1. The van der Waals surface area contributed by atoms with Crippen LogP contribution in [-0.2, 0) is 0 Å². The third-order valence-electron chi connectivity index (χ3n) is 5.15. The van der Waals surface area contributed by atoms with E-state index in [4.69, 9.17) is 5.73 Å². The summed E-state index contributed by atoms with van der Waals surface area (Å²) in [7, 11) is 0. The molecule has 2 aromatic heterocycles. The summed E-state index contributed by atoms with van der Waals surface area (Å²) in [6.45, 7) is 7.26. The topological polar surface area (TPSA) is 63.8 Å². The fourth-order valence-electron chi connectivity index (χ4n) is 3.47. The van der Waals surface area contributed by atoms with Crippen LogP contribution in [0.15, 0.2) is 6.33 Å². The summed E-state index contributed by atoms with van der Waals surface area (Å²) in [5.41, 5.74) is 7.42. The van der Waals surface area contributed by atoms with Crippen molar-refractivity contribution in [2.24, 2.45) is 11.7 Å². The van der Waals surface area contributed by atoms with Gasteiger partial charge in [0, 0.05) is 11.4 Å². The molecule has 0 saturated heterocycles. The Kier molecular flexibility index (Phi) is 3.88. The van der Waals surface area contributed by atoms with Crippen molar-refractivity contribution in [1.82, 2.24) is 9.97 Å². The highest BCUT2D eigenvalue weighted by atomic mass is 32.1. The maximum absolute atomic E-state index is 6.16. The summed E-state index contributed by atoms with van der Waals surface area (Å²) >= 11 is 1.74. The first-order chi connectivity index (χ1) is 10.1. The predicted octanol–water partition coefficient (Wildman–Crippen LogP) is 3.63. The Hall–Kier alpha value is -1.20. The molecule has 2 heterocycles. The minimum atomic E-state index is -0.0260. The standard InChI is InChI=1S/C16H24N4S/c1-10-6-4-5-7-16(10,8-17)20-14-13-11(2)12(3)21-15(13)19-9-18-14/h9-10H,4-8,17H2,1-3H3,(H,18,19,20). The van der Waals surface area contributed by atoms with Crippen LogP contribution >= 0.6 is 11.3 Å². The van der Waals surface area contributed by atoms with Gasteiger partial charge in [-0.15, -0.1) is 11.3 Å². The van der Waals surface area contributed by atoms with Crippen molar-refractivity contribution in [3.8, 4) is 0 Å². The van der Waals surface area contributed by atoms with Crippen LogP contribution in [0.2, 0.25) is 0 Å². The van der Waals surface area contributed by atoms with Gasteiger partial charge in [0.05, 0.1) is 10.9 Å². The largest absolute Gasteiger partial charge is 0.362 e. The fourth-order valence-corrected chi connectivity index (χ4v) is 4.46. The number of nitrogens with zero attached hydrogens (tertiary/aromatic N) is 2. The van der Waals surface area contributed by atoms with Crippen molar-refractivity contribution < 1.29 is 0 Å². The van der Waals surface area contributed by atoms with Crippen LogP contribution in [0.3, 0.4) is 0 Å². The SMILES string of the molecule is Cc1sc2ncnc(NC3(CN)CCCCC3C)c2c1C. The summed E-state index contributed by atoms with van der Waals surface area (Å²) in [6, 6.07) is 0. The average Bonchev–Trinajstić information content (AvgIpc) is 2.78. The van der Waals surface area contributed by atoms with Crippen molar-refractivity contribution in [2.45, 2.75) is 52.0 Å². The monoisotopic (exact) mass is 304 g/mol. The van der Waals surface area contributed by atoms with Gasteiger partial charge in [-0.25, -0.2) is 9.97 Å². The molecule has 5 heteroatoms. The van der Waals surface area contributed by atoms with Gasteiger partial charge in [-0.3, -0.25) is 0 Å². The number of aromatic nitrogens is 2. The van der Waals surface area contributed by atoms with Gasteiger partial charge in [-0.05, 0) is 38.2 Å². The number of fused-ring (bicyclic) bond motifs is 1. The Bertz CT molecular complexity index is 651. The molecule has 3 rings (SSSR count). The molecule has 1 aliphatic rings. The molecule has 3 N–H and O–H groups in total. The summed E-state index contributed by atoms with van der Waals surface area (Å²) in [6.07, 6.45) is 6.57. The summed E-state index contributed by atoms with van der Waals surface area (Å²) in [4.78, 5) is 11.3. The second kappa shape index (κ2) is 5.54. The Labute approximate surface area is 130 Å².